The second-order valence-corrected chi connectivity index (χ2v) is 9.42. The van der Waals surface area contributed by atoms with Gasteiger partial charge in [0, 0.05) is 31.0 Å². The third-order valence-corrected chi connectivity index (χ3v) is 5.99. The maximum Gasteiger partial charge on any atom is 0.126 e. The number of thiophene rings is 1. The van der Waals surface area contributed by atoms with Crippen molar-refractivity contribution >= 4 is 28.8 Å². The molecule has 4 nitrogen and oxygen atoms in total. The molecule has 0 atom stereocenters. The van der Waals surface area contributed by atoms with Crippen LogP contribution in [-0.2, 0) is 13.0 Å². The number of benzene rings is 1. The van der Waals surface area contributed by atoms with Gasteiger partial charge in [-0.05, 0) is 47.7 Å². The summed E-state index contributed by atoms with van der Waals surface area (Å²) >= 11 is 7.75. The summed E-state index contributed by atoms with van der Waals surface area (Å²) in [5, 5.41) is 8.32. The number of anilines is 1. The van der Waals surface area contributed by atoms with Gasteiger partial charge in [-0.25, -0.2) is 4.98 Å². The van der Waals surface area contributed by atoms with Gasteiger partial charge >= 0.3 is 0 Å². The zero-order chi connectivity index (χ0) is 20.9. The standard InChI is InChI=1S/C24H25ClN4S/c1-17(2)15-29-16-20(24(28-29)21-8-9-22(25)30-21)19-11-13-27-23(14-19)26-12-10-18-6-4-3-5-7-18/h3-9,11,13-14,16-17H,10,12,15H2,1-2H3,(H,26,27). The number of rotatable bonds is 8. The van der Waals surface area contributed by atoms with Gasteiger partial charge in [-0.3, -0.25) is 4.68 Å². The first kappa shape index (κ1) is 20.6. The van der Waals surface area contributed by atoms with Crippen molar-refractivity contribution < 1.29 is 0 Å². The van der Waals surface area contributed by atoms with Gasteiger partial charge in [0.15, 0.2) is 0 Å². The van der Waals surface area contributed by atoms with Gasteiger partial charge in [0.05, 0.1) is 9.21 Å². The summed E-state index contributed by atoms with van der Waals surface area (Å²) in [5.74, 6) is 1.39. The van der Waals surface area contributed by atoms with E-state index in [0.717, 1.165) is 51.4 Å². The fourth-order valence-corrected chi connectivity index (χ4v) is 4.44. The third-order valence-electron chi connectivity index (χ3n) is 4.75. The Morgan fingerprint density at radius 1 is 1.10 bits per heavy atom. The van der Waals surface area contributed by atoms with E-state index in [2.05, 4.69) is 60.7 Å². The lowest BCUT2D eigenvalue weighted by molar-refractivity contribution is 0.484. The molecule has 4 rings (SSSR count). The van der Waals surface area contributed by atoms with Gasteiger partial charge in [0.2, 0.25) is 0 Å². The molecule has 3 aromatic heterocycles. The molecule has 0 aliphatic carbocycles. The van der Waals surface area contributed by atoms with E-state index in [1.165, 1.54) is 5.56 Å². The molecule has 30 heavy (non-hydrogen) atoms. The molecule has 0 fully saturated rings. The van der Waals surface area contributed by atoms with E-state index in [-0.39, 0.29) is 0 Å². The molecule has 0 unspecified atom stereocenters. The monoisotopic (exact) mass is 436 g/mol. The largest absolute Gasteiger partial charge is 0.370 e. The molecule has 0 amide bonds. The van der Waals surface area contributed by atoms with Crippen LogP contribution in [0.4, 0.5) is 5.82 Å². The quantitative estimate of drug-likeness (QED) is 0.336. The zero-order valence-corrected chi connectivity index (χ0v) is 18.7. The van der Waals surface area contributed by atoms with Gasteiger partial charge in [-0.1, -0.05) is 55.8 Å². The summed E-state index contributed by atoms with van der Waals surface area (Å²) in [6.45, 7) is 6.11. The van der Waals surface area contributed by atoms with Gasteiger partial charge in [-0.15, -0.1) is 11.3 Å². The second-order valence-electron chi connectivity index (χ2n) is 7.70. The van der Waals surface area contributed by atoms with Crippen LogP contribution in [-0.4, -0.2) is 21.3 Å². The van der Waals surface area contributed by atoms with Crippen LogP contribution < -0.4 is 5.32 Å². The molecule has 0 saturated carbocycles. The first-order chi connectivity index (χ1) is 14.6. The van der Waals surface area contributed by atoms with Crippen molar-refractivity contribution in [2.75, 3.05) is 11.9 Å². The number of aromatic nitrogens is 3. The molecule has 0 radical (unpaired) electrons. The van der Waals surface area contributed by atoms with E-state index in [1.54, 1.807) is 11.3 Å². The molecule has 0 aliphatic rings. The fourth-order valence-electron chi connectivity index (χ4n) is 3.40. The van der Waals surface area contributed by atoms with Crippen LogP contribution in [0.15, 0.2) is 67.0 Å². The van der Waals surface area contributed by atoms with E-state index < -0.39 is 0 Å². The Bertz CT molecular complexity index is 1100. The van der Waals surface area contributed by atoms with Crippen LogP contribution in [0.5, 0.6) is 0 Å². The highest BCUT2D eigenvalue weighted by Crippen LogP contribution is 2.37. The predicted molar refractivity (Wildman–Crippen MR) is 127 cm³/mol. The van der Waals surface area contributed by atoms with Crippen LogP contribution in [0.25, 0.3) is 21.7 Å². The van der Waals surface area contributed by atoms with Crippen molar-refractivity contribution in [3.8, 4) is 21.7 Å². The summed E-state index contributed by atoms with van der Waals surface area (Å²) < 4.78 is 2.80. The highest BCUT2D eigenvalue weighted by molar-refractivity contribution is 7.19. The zero-order valence-electron chi connectivity index (χ0n) is 17.2. The van der Waals surface area contributed by atoms with Crippen molar-refractivity contribution in [2.45, 2.75) is 26.8 Å². The number of halogens is 1. The Morgan fingerprint density at radius 3 is 2.67 bits per heavy atom. The summed E-state index contributed by atoms with van der Waals surface area (Å²) in [4.78, 5) is 5.58. The van der Waals surface area contributed by atoms with E-state index >= 15 is 0 Å². The molecule has 4 aromatic rings. The third kappa shape index (κ3) is 5.10. The van der Waals surface area contributed by atoms with E-state index in [4.69, 9.17) is 16.7 Å². The minimum absolute atomic E-state index is 0.519. The van der Waals surface area contributed by atoms with Crippen LogP contribution in [0.2, 0.25) is 4.34 Å². The highest BCUT2D eigenvalue weighted by atomic mass is 35.5. The molecule has 154 valence electrons. The molecular weight excluding hydrogens is 412 g/mol. The summed E-state index contributed by atoms with van der Waals surface area (Å²) in [6.07, 6.45) is 4.94. The Hall–Kier alpha value is -2.63. The summed E-state index contributed by atoms with van der Waals surface area (Å²) in [7, 11) is 0. The van der Waals surface area contributed by atoms with Crippen molar-refractivity contribution in [3.63, 3.8) is 0 Å². The first-order valence-corrected chi connectivity index (χ1v) is 11.4. The van der Waals surface area contributed by atoms with Crippen molar-refractivity contribution in [2.24, 2.45) is 5.92 Å². The number of pyridine rings is 1. The van der Waals surface area contributed by atoms with Gasteiger partial charge < -0.3 is 5.32 Å². The maximum absolute atomic E-state index is 6.20. The minimum Gasteiger partial charge on any atom is -0.370 e. The molecule has 0 saturated heterocycles. The van der Waals surface area contributed by atoms with Crippen LogP contribution in [0.3, 0.4) is 0 Å². The smallest absolute Gasteiger partial charge is 0.126 e. The number of hydrogen-bond acceptors (Lipinski definition) is 4. The van der Waals surface area contributed by atoms with Crippen molar-refractivity contribution in [1.29, 1.82) is 0 Å². The topological polar surface area (TPSA) is 42.7 Å². The van der Waals surface area contributed by atoms with E-state index in [1.807, 2.05) is 35.1 Å². The lowest BCUT2D eigenvalue weighted by Gasteiger charge is -2.08. The number of nitrogens with one attached hydrogen (secondary N) is 1. The Labute approximate surface area is 186 Å². The second kappa shape index (κ2) is 9.45. The maximum atomic E-state index is 6.20. The van der Waals surface area contributed by atoms with E-state index in [0.29, 0.717) is 5.92 Å². The Morgan fingerprint density at radius 2 is 1.93 bits per heavy atom. The van der Waals surface area contributed by atoms with Crippen LogP contribution >= 0.6 is 22.9 Å². The SMILES string of the molecule is CC(C)Cn1cc(-c2ccnc(NCCc3ccccc3)c2)c(-c2ccc(Cl)s2)n1. The lowest BCUT2D eigenvalue weighted by atomic mass is 10.1. The summed E-state index contributed by atoms with van der Waals surface area (Å²) in [6, 6.07) is 18.6. The number of hydrogen-bond donors (Lipinski definition) is 1. The normalized spacial score (nSPS) is 11.2. The molecule has 0 aliphatic heterocycles. The fraction of sp³-hybridized carbons (Fsp3) is 0.250. The molecule has 0 bridgehead atoms. The Kier molecular flexibility index (Phi) is 6.50. The van der Waals surface area contributed by atoms with Crippen molar-refractivity contribution in [3.05, 3.63) is 76.9 Å². The van der Waals surface area contributed by atoms with Gasteiger partial charge in [0.1, 0.15) is 11.5 Å². The lowest BCUT2D eigenvalue weighted by Crippen LogP contribution is -2.06. The molecule has 3 heterocycles. The van der Waals surface area contributed by atoms with Crippen molar-refractivity contribution in [1.82, 2.24) is 14.8 Å². The molecule has 0 spiro atoms. The average molecular weight is 437 g/mol. The minimum atomic E-state index is 0.519. The van der Waals surface area contributed by atoms with Crippen LogP contribution in [0.1, 0.15) is 19.4 Å². The molecule has 1 N–H and O–H groups in total. The molecule has 1 aromatic carbocycles. The van der Waals surface area contributed by atoms with E-state index in [9.17, 15) is 0 Å². The number of nitrogens with zero attached hydrogens (tertiary/aromatic N) is 3. The highest BCUT2D eigenvalue weighted by Gasteiger charge is 2.16. The first-order valence-electron chi connectivity index (χ1n) is 10.2. The van der Waals surface area contributed by atoms with Crippen LogP contribution in [0, 0.1) is 5.92 Å². The average Bonchev–Trinajstić information content (AvgIpc) is 3.35. The Balaban J connectivity index is 1.58. The van der Waals surface area contributed by atoms with Gasteiger partial charge in [-0.2, -0.15) is 5.10 Å². The molecule has 6 heteroatoms. The molecular formula is C24H25ClN4S. The van der Waals surface area contributed by atoms with Gasteiger partial charge in [0.25, 0.3) is 0 Å². The predicted octanol–water partition coefficient (Wildman–Crippen LogP) is 6.64. The summed E-state index contributed by atoms with van der Waals surface area (Å²) in [5.41, 5.74) is 4.48.